The Morgan fingerprint density at radius 2 is 1.81 bits per heavy atom. The zero-order chi connectivity index (χ0) is 19.9. The maximum absolute atomic E-state index is 12.7. The Balaban J connectivity index is 2.20. The van der Waals surface area contributed by atoms with Gasteiger partial charge in [0.1, 0.15) is 0 Å². The summed E-state index contributed by atoms with van der Waals surface area (Å²) in [4.78, 5) is 12.7. The van der Waals surface area contributed by atoms with Gasteiger partial charge in [0.2, 0.25) is 5.91 Å². The Morgan fingerprint density at radius 3 is 2.35 bits per heavy atom. The molecule has 0 saturated heterocycles. The molecule has 2 aliphatic rings. The number of nitrogens with one attached hydrogen (secondary N) is 1. The van der Waals surface area contributed by atoms with E-state index in [4.69, 9.17) is 0 Å². The number of carbonyl (C=O) groups excluding carboxylic acids is 1. The van der Waals surface area contributed by atoms with Crippen molar-refractivity contribution in [3.63, 3.8) is 0 Å². The second-order valence-corrected chi connectivity index (χ2v) is 10.4. The van der Waals surface area contributed by atoms with Crippen molar-refractivity contribution in [2.24, 2.45) is 28.1 Å². The van der Waals surface area contributed by atoms with E-state index in [1.165, 1.54) is 0 Å². The molecule has 0 aliphatic heterocycles. The summed E-state index contributed by atoms with van der Waals surface area (Å²) in [6.07, 6.45) is 2.04. The van der Waals surface area contributed by atoms with E-state index >= 15 is 0 Å². The molecule has 2 fully saturated rings. The van der Waals surface area contributed by atoms with Crippen LogP contribution in [0.2, 0.25) is 0 Å². The molecule has 4 N–H and O–H groups in total. The fourth-order valence-corrected chi connectivity index (χ4v) is 5.32. The van der Waals surface area contributed by atoms with Gasteiger partial charge in [-0.1, -0.05) is 34.6 Å². The predicted octanol–water partition coefficient (Wildman–Crippen LogP) is 2.47. The molecule has 1 amide bonds. The van der Waals surface area contributed by atoms with Gasteiger partial charge >= 0.3 is 0 Å². The summed E-state index contributed by atoms with van der Waals surface area (Å²) in [7, 11) is 0. The minimum atomic E-state index is -0.569. The Bertz CT molecular complexity index is 517. The van der Waals surface area contributed by atoms with Crippen LogP contribution >= 0.6 is 0 Å². The molecule has 2 rings (SSSR count). The maximum atomic E-state index is 12.7. The second-order valence-electron chi connectivity index (χ2n) is 10.4. The second kappa shape index (κ2) is 7.40. The Hall–Kier alpha value is -0.650. The monoisotopic (exact) mass is 369 g/mol. The lowest BCUT2D eigenvalue weighted by molar-refractivity contribution is -0.186. The molecule has 0 aromatic carbocycles. The van der Waals surface area contributed by atoms with Gasteiger partial charge < -0.3 is 20.6 Å². The van der Waals surface area contributed by atoms with Crippen LogP contribution in [0.15, 0.2) is 0 Å². The Kier molecular flexibility index (Phi) is 6.16. The minimum absolute atomic E-state index is 0.0162. The average molecular weight is 370 g/mol. The lowest BCUT2D eigenvalue weighted by Gasteiger charge is -2.60. The van der Waals surface area contributed by atoms with Gasteiger partial charge in [0.15, 0.2) is 0 Å². The first-order valence-electron chi connectivity index (χ1n) is 10.1. The number of hydrogen-bond donors (Lipinski definition) is 4. The highest BCUT2D eigenvalue weighted by Gasteiger charge is 2.59. The molecule has 0 aromatic rings. The van der Waals surface area contributed by atoms with E-state index < -0.39 is 17.6 Å². The van der Waals surface area contributed by atoms with Crippen LogP contribution in [0, 0.1) is 28.1 Å². The zero-order valence-corrected chi connectivity index (χ0v) is 17.4. The minimum Gasteiger partial charge on any atom is -0.396 e. The normalized spacial score (nSPS) is 42.0. The molecule has 26 heavy (non-hydrogen) atoms. The molecule has 5 heteroatoms. The molecule has 0 radical (unpaired) electrons. The first-order valence-corrected chi connectivity index (χ1v) is 10.1. The van der Waals surface area contributed by atoms with Crippen LogP contribution in [0.1, 0.15) is 73.6 Å². The standard InChI is InChI=1S/C21H39NO4/c1-13(19(2,3)4)22-18(26)11-14-15(24)7-8-16-20(14,5)10-9-17(25)21(16,6)12-23/h13-17,23-25H,7-12H2,1-6H3,(H,22,26)/t13-,14-,15-,16-,17-,20+,21+/m1/s1. The van der Waals surface area contributed by atoms with Crippen molar-refractivity contribution < 1.29 is 20.1 Å². The summed E-state index contributed by atoms with van der Waals surface area (Å²) in [5.74, 6) is -0.0630. The van der Waals surface area contributed by atoms with E-state index in [-0.39, 0.29) is 41.2 Å². The first-order chi connectivity index (χ1) is 11.9. The topological polar surface area (TPSA) is 89.8 Å². The van der Waals surface area contributed by atoms with Crippen LogP contribution in [0.25, 0.3) is 0 Å². The van der Waals surface area contributed by atoms with Crippen molar-refractivity contribution in [2.75, 3.05) is 6.61 Å². The third kappa shape index (κ3) is 3.81. The molecule has 7 atom stereocenters. The Morgan fingerprint density at radius 1 is 1.19 bits per heavy atom. The summed E-state index contributed by atoms with van der Waals surface area (Å²) >= 11 is 0. The van der Waals surface area contributed by atoms with Gasteiger partial charge in [0.05, 0.1) is 18.8 Å². The van der Waals surface area contributed by atoms with Crippen LogP contribution in [0.3, 0.4) is 0 Å². The lowest BCUT2D eigenvalue weighted by Crippen LogP contribution is -2.60. The van der Waals surface area contributed by atoms with Gasteiger partial charge in [-0.3, -0.25) is 4.79 Å². The maximum Gasteiger partial charge on any atom is 0.220 e. The van der Waals surface area contributed by atoms with E-state index in [1.807, 2.05) is 13.8 Å². The van der Waals surface area contributed by atoms with Gasteiger partial charge in [0, 0.05) is 17.9 Å². The summed E-state index contributed by atoms with van der Waals surface area (Å²) in [5.41, 5.74) is -0.838. The predicted molar refractivity (Wildman–Crippen MR) is 102 cm³/mol. The third-order valence-corrected chi connectivity index (χ3v) is 7.79. The summed E-state index contributed by atoms with van der Waals surface area (Å²) in [5, 5.41) is 34.4. The number of carbonyl (C=O) groups is 1. The highest BCUT2D eigenvalue weighted by atomic mass is 16.3. The van der Waals surface area contributed by atoms with Crippen LogP contribution in [0.4, 0.5) is 0 Å². The van der Waals surface area contributed by atoms with Crippen LogP contribution < -0.4 is 5.32 Å². The van der Waals surface area contributed by atoms with Gasteiger partial charge in [0.25, 0.3) is 0 Å². The average Bonchev–Trinajstić information content (AvgIpc) is 2.54. The first kappa shape index (κ1) is 21.6. The summed E-state index contributed by atoms with van der Waals surface area (Å²) in [6, 6.07) is 0.0511. The number of fused-ring (bicyclic) bond motifs is 1. The van der Waals surface area contributed by atoms with E-state index in [0.29, 0.717) is 19.3 Å². The highest BCUT2D eigenvalue weighted by molar-refractivity contribution is 5.76. The number of aliphatic hydroxyl groups excluding tert-OH is 3. The summed E-state index contributed by atoms with van der Waals surface area (Å²) < 4.78 is 0. The van der Waals surface area contributed by atoms with Crippen LogP contribution in [-0.4, -0.2) is 46.1 Å². The molecular formula is C21H39NO4. The van der Waals surface area contributed by atoms with Crippen LogP contribution in [0.5, 0.6) is 0 Å². The van der Waals surface area contributed by atoms with Gasteiger partial charge in [-0.25, -0.2) is 0 Å². The number of aliphatic hydroxyl groups is 3. The molecule has 0 heterocycles. The van der Waals surface area contributed by atoms with E-state index in [9.17, 15) is 20.1 Å². The van der Waals surface area contributed by atoms with Gasteiger partial charge in [-0.15, -0.1) is 0 Å². The largest absolute Gasteiger partial charge is 0.396 e. The van der Waals surface area contributed by atoms with Crippen molar-refractivity contribution in [3.8, 4) is 0 Å². The van der Waals surface area contributed by atoms with Crippen molar-refractivity contribution in [1.29, 1.82) is 0 Å². The number of hydrogen-bond acceptors (Lipinski definition) is 4. The third-order valence-electron chi connectivity index (χ3n) is 7.79. The van der Waals surface area contributed by atoms with Crippen LogP contribution in [-0.2, 0) is 4.79 Å². The molecular weight excluding hydrogens is 330 g/mol. The fourth-order valence-electron chi connectivity index (χ4n) is 5.32. The molecule has 0 aromatic heterocycles. The fraction of sp³-hybridized carbons (Fsp3) is 0.952. The molecule has 0 unspecified atom stereocenters. The summed E-state index contributed by atoms with van der Waals surface area (Å²) in [6.45, 7) is 12.3. The molecule has 5 nitrogen and oxygen atoms in total. The van der Waals surface area contributed by atoms with Crippen molar-refractivity contribution in [1.82, 2.24) is 5.32 Å². The van der Waals surface area contributed by atoms with E-state index in [0.717, 1.165) is 12.8 Å². The number of amides is 1. The Labute approximate surface area is 158 Å². The molecule has 2 aliphatic carbocycles. The highest BCUT2D eigenvalue weighted by Crippen LogP contribution is 2.60. The van der Waals surface area contributed by atoms with Gasteiger partial charge in [-0.2, -0.15) is 0 Å². The smallest absolute Gasteiger partial charge is 0.220 e. The quantitative estimate of drug-likeness (QED) is 0.613. The van der Waals surface area contributed by atoms with E-state index in [1.54, 1.807) is 0 Å². The molecule has 152 valence electrons. The SMILES string of the molecule is C[C@@H](NC(=O)C[C@@H]1[C@H](O)CC[C@H]2[C@](C)(CO)[C@H](O)CC[C@]21C)C(C)(C)C. The number of rotatable bonds is 4. The van der Waals surface area contributed by atoms with Gasteiger partial charge in [-0.05, 0) is 55.3 Å². The van der Waals surface area contributed by atoms with Crippen molar-refractivity contribution >= 4 is 5.91 Å². The van der Waals surface area contributed by atoms with Crippen molar-refractivity contribution in [2.45, 2.75) is 91.9 Å². The molecule has 0 bridgehead atoms. The van der Waals surface area contributed by atoms with Crippen molar-refractivity contribution in [3.05, 3.63) is 0 Å². The molecule has 0 spiro atoms. The van der Waals surface area contributed by atoms with E-state index in [2.05, 4.69) is 33.0 Å². The molecule has 2 saturated carbocycles. The zero-order valence-electron chi connectivity index (χ0n) is 17.4. The lowest BCUT2D eigenvalue weighted by atomic mass is 9.46.